The van der Waals surface area contributed by atoms with Gasteiger partial charge in [-0.1, -0.05) is 31.0 Å². The first kappa shape index (κ1) is 19.2. The molecule has 6 heteroatoms. The first-order valence-electron chi connectivity index (χ1n) is 9.52. The van der Waals surface area contributed by atoms with Crippen LogP contribution in [-0.2, 0) is 17.4 Å². The quantitative estimate of drug-likeness (QED) is 0.798. The maximum Gasteiger partial charge on any atom is 0.416 e. The molecule has 0 radical (unpaired) electrons. The summed E-state index contributed by atoms with van der Waals surface area (Å²) in [4.78, 5) is 17.1. The Morgan fingerprint density at radius 1 is 1.15 bits per heavy atom. The summed E-state index contributed by atoms with van der Waals surface area (Å²) in [6.45, 7) is 2.19. The predicted molar refractivity (Wildman–Crippen MR) is 94.8 cm³/mol. The molecule has 0 unspecified atom stereocenters. The molecule has 1 amide bonds. The second-order valence-electron chi connectivity index (χ2n) is 7.54. The van der Waals surface area contributed by atoms with Crippen LogP contribution in [0.5, 0.6) is 0 Å². The Kier molecular flexibility index (Phi) is 5.90. The highest BCUT2D eigenvalue weighted by atomic mass is 19.4. The molecular weight excluding hydrogens is 341 g/mol. The summed E-state index contributed by atoms with van der Waals surface area (Å²) in [5.41, 5.74) is -0.275. The van der Waals surface area contributed by atoms with E-state index in [0.717, 1.165) is 44.5 Å². The molecular formula is C20H27F3N2O. The number of likely N-dealkylation sites (tertiary alicyclic amines) is 1. The fourth-order valence-electron chi connectivity index (χ4n) is 4.38. The van der Waals surface area contributed by atoms with Crippen molar-refractivity contribution in [3.05, 3.63) is 35.4 Å². The molecule has 1 aliphatic heterocycles. The smallest absolute Gasteiger partial charge is 0.341 e. The van der Waals surface area contributed by atoms with Crippen LogP contribution in [0.15, 0.2) is 24.3 Å². The third kappa shape index (κ3) is 4.40. The average Bonchev–Trinajstić information content (AvgIpc) is 3.15. The minimum Gasteiger partial charge on any atom is -0.341 e. The molecule has 3 rings (SSSR count). The third-order valence-electron chi connectivity index (χ3n) is 5.80. The Morgan fingerprint density at radius 3 is 2.54 bits per heavy atom. The summed E-state index contributed by atoms with van der Waals surface area (Å²) in [6.07, 6.45) is 2.44. The molecule has 144 valence electrons. The average molecular weight is 368 g/mol. The second-order valence-corrected chi connectivity index (χ2v) is 7.54. The lowest BCUT2D eigenvalue weighted by molar-refractivity contribution is -0.138. The summed E-state index contributed by atoms with van der Waals surface area (Å²) in [6, 6.07) is 5.66. The van der Waals surface area contributed by atoms with E-state index in [1.807, 2.05) is 7.05 Å². The van der Waals surface area contributed by atoms with Crippen molar-refractivity contribution in [2.24, 2.45) is 0 Å². The summed E-state index contributed by atoms with van der Waals surface area (Å²) in [5, 5.41) is 0. The number of likely N-dealkylation sites (N-methyl/N-ethyl adjacent to an activating group) is 1. The molecule has 3 nitrogen and oxygen atoms in total. The number of carbonyl (C=O) groups is 1. The molecule has 26 heavy (non-hydrogen) atoms. The van der Waals surface area contributed by atoms with Crippen molar-refractivity contribution in [2.75, 3.05) is 20.1 Å². The number of nitrogens with zero attached hydrogens (tertiary/aromatic N) is 2. The highest BCUT2D eigenvalue weighted by Crippen LogP contribution is 2.31. The maximum absolute atomic E-state index is 12.9. The van der Waals surface area contributed by atoms with Gasteiger partial charge in [0.1, 0.15) is 0 Å². The zero-order valence-electron chi connectivity index (χ0n) is 15.3. The molecule has 2 fully saturated rings. The molecule has 2 aliphatic rings. The lowest BCUT2D eigenvalue weighted by Gasteiger charge is -2.42. The van der Waals surface area contributed by atoms with Crippen molar-refractivity contribution in [3.63, 3.8) is 0 Å². The van der Waals surface area contributed by atoms with E-state index in [4.69, 9.17) is 0 Å². The van der Waals surface area contributed by atoms with Gasteiger partial charge in [0.15, 0.2) is 0 Å². The van der Waals surface area contributed by atoms with Crippen LogP contribution in [-0.4, -0.2) is 47.9 Å². The Balaban J connectivity index is 1.68. The summed E-state index contributed by atoms with van der Waals surface area (Å²) >= 11 is 0. The molecule has 2 atom stereocenters. The fourth-order valence-corrected chi connectivity index (χ4v) is 4.38. The van der Waals surface area contributed by atoms with Crippen LogP contribution in [0.25, 0.3) is 0 Å². The van der Waals surface area contributed by atoms with Crippen molar-refractivity contribution < 1.29 is 18.0 Å². The lowest BCUT2D eigenvalue weighted by atomic mass is 9.88. The molecule has 1 heterocycles. The van der Waals surface area contributed by atoms with Crippen molar-refractivity contribution in [2.45, 2.75) is 63.2 Å². The van der Waals surface area contributed by atoms with Gasteiger partial charge in [-0.05, 0) is 50.4 Å². The second kappa shape index (κ2) is 7.99. The largest absolute Gasteiger partial charge is 0.416 e. The Morgan fingerprint density at radius 2 is 1.85 bits per heavy atom. The van der Waals surface area contributed by atoms with Gasteiger partial charge in [-0.25, -0.2) is 0 Å². The van der Waals surface area contributed by atoms with Gasteiger partial charge in [-0.3, -0.25) is 9.69 Å². The number of hydrogen-bond acceptors (Lipinski definition) is 2. The first-order valence-corrected chi connectivity index (χ1v) is 9.52. The van der Waals surface area contributed by atoms with E-state index >= 15 is 0 Å². The number of halogens is 3. The van der Waals surface area contributed by atoms with Crippen molar-refractivity contribution >= 4 is 5.91 Å². The molecule has 1 aliphatic carbocycles. The van der Waals surface area contributed by atoms with Gasteiger partial charge in [0, 0.05) is 19.1 Å². The van der Waals surface area contributed by atoms with Crippen LogP contribution in [0.3, 0.4) is 0 Å². The summed E-state index contributed by atoms with van der Waals surface area (Å²) < 4.78 is 38.6. The van der Waals surface area contributed by atoms with E-state index in [1.54, 1.807) is 11.0 Å². The summed E-state index contributed by atoms with van der Waals surface area (Å²) in [7, 11) is 1.81. The Bertz CT molecular complexity index is 626. The van der Waals surface area contributed by atoms with E-state index in [1.165, 1.54) is 25.3 Å². The van der Waals surface area contributed by atoms with Crippen LogP contribution in [0.2, 0.25) is 0 Å². The van der Waals surface area contributed by atoms with Gasteiger partial charge in [0.2, 0.25) is 5.91 Å². The van der Waals surface area contributed by atoms with Crippen LogP contribution < -0.4 is 0 Å². The number of amides is 1. The van der Waals surface area contributed by atoms with Crippen molar-refractivity contribution in [1.29, 1.82) is 0 Å². The van der Waals surface area contributed by atoms with E-state index in [0.29, 0.717) is 11.6 Å². The van der Waals surface area contributed by atoms with E-state index < -0.39 is 11.7 Å². The van der Waals surface area contributed by atoms with Crippen LogP contribution in [0.1, 0.15) is 49.7 Å². The number of benzene rings is 1. The molecule has 1 aromatic rings. The first-order chi connectivity index (χ1) is 12.4. The van der Waals surface area contributed by atoms with Crippen molar-refractivity contribution in [3.8, 4) is 0 Å². The Hall–Kier alpha value is -1.56. The molecule has 1 saturated heterocycles. The molecule has 0 bridgehead atoms. The van der Waals surface area contributed by atoms with Gasteiger partial charge < -0.3 is 4.90 Å². The zero-order chi connectivity index (χ0) is 18.7. The van der Waals surface area contributed by atoms with E-state index in [2.05, 4.69) is 4.90 Å². The van der Waals surface area contributed by atoms with Gasteiger partial charge in [-0.2, -0.15) is 13.2 Å². The minimum absolute atomic E-state index is 0.0175. The van der Waals surface area contributed by atoms with Crippen LogP contribution in [0, 0.1) is 0 Å². The molecule has 0 aromatic heterocycles. The number of hydrogen-bond donors (Lipinski definition) is 0. The third-order valence-corrected chi connectivity index (χ3v) is 5.80. The summed E-state index contributed by atoms with van der Waals surface area (Å²) in [5.74, 6) is -0.0968. The molecule has 1 aromatic carbocycles. The molecule has 0 spiro atoms. The fraction of sp³-hybridized carbons (Fsp3) is 0.650. The zero-order valence-corrected chi connectivity index (χ0v) is 15.3. The minimum atomic E-state index is -4.38. The standard InChI is InChI=1S/C20H27F3N2O/c1-24(17-9-2-3-10-18(17)25-11-4-5-12-25)19(26)14-15-7-6-8-16(13-15)20(21,22)23/h6-8,13,17-18H,2-5,9-12,14H2,1H3/t17-,18-/m0/s1. The normalized spacial score (nSPS) is 24.6. The monoisotopic (exact) mass is 368 g/mol. The topological polar surface area (TPSA) is 23.6 Å². The van der Waals surface area contributed by atoms with Crippen molar-refractivity contribution in [1.82, 2.24) is 9.80 Å². The van der Waals surface area contributed by atoms with Gasteiger partial charge in [-0.15, -0.1) is 0 Å². The van der Waals surface area contributed by atoms with E-state index in [-0.39, 0.29) is 18.4 Å². The predicted octanol–water partition coefficient (Wildman–Crippen LogP) is 4.11. The highest BCUT2D eigenvalue weighted by molar-refractivity contribution is 5.79. The van der Waals surface area contributed by atoms with Gasteiger partial charge in [0.25, 0.3) is 0 Å². The highest BCUT2D eigenvalue weighted by Gasteiger charge is 2.35. The van der Waals surface area contributed by atoms with Gasteiger partial charge in [0.05, 0.1) is 12.0 Å². The molecule has 1 saturated carbocycles. The SMILES string of the molecule is CN(C(=O)Cc1cccc(C(F)(F)F)c1)[C@H]1CCCC[C@@H]1N1CCCC1. The van der Waals surface area contributed by atoms with Gasteiger partial charge >= 0.3 is 6.18 Å². The lowest BCUT2D eigenvalue weighted by Crippen LogP contribution is -2.53. The number of rotatable bonds is 4. The number of alkyl halides is 3. The van der Waals surface area contributed by atoms with E-state index in [9.17, 15) is 18.0 Å². The molecule has 0 N–H and O–H groups in total. The number of carbonyl (C=O) groups excluding carboxylic acids is 1. The van der Waals surface area contributed by atoms with Crippen LogP contribution in [0.4, 0.5) is 13.2 Å². The maximum atomic E-state index is 12.9. The van der Waals surface area contributed by atoms with Crippen LogP contribution >= 0.6 is 0 Å². The Labute approximate surface area is 153 Å².